The smallest absolute Gasteiger partial charge is 0.324 e. The molecule has 0 aliphatic carbocycles. The molecule has 3 N–H and O–H groups in total. The Bertz CT molecular complexity index is 413. The number of rotatable bonds is 3. The number of carbonyl (C=O) groups is 1. The molecule has 1 atom stereocenters. The second kappa shape index (κ2) is 4.18. The van der Waals surface area contributed by atoms with Gasteiger partial charge in [0, 0.05) is 9.89 Å². The van der Waals surface area contributed by atoms with E-state index in [0.717, 1.165) is 10.0 Å². The molecule has 0 saturated carbocycles. The van der Waals surface area contributed by atoms with Gasteiger partial charge in [-0.1, -0.05) is 41.9 Å². The summed E-state index contributed by atoms with van der Waals surface area (Å²) in [5.74, 6) is -1.00. The van der Waals surface area contributed by atoms with Crippen molar-refractivity contribution >= 4 is 21.9 Å². The van der Waals surface area contributed by atoms with E-state index in [2.05, 4.69) is 15.9 Å². The van der Waals surface area contributed by atoms with Gasteiger partial charge < -0.3 is 10.8 Å². The zero-order chi connectivity index (χ0) is 12.6. The van der Waals surface area contributed by atoms with Crippen LogP contribution in [0.25, 0.3) is 0 Å². The number of carboxylic acids is 1. The molecule has 88 valence electrons. The Morgan fingerprint density at radius 1 is 1.38 bits per heavy atom. The molecule has 0 fully saturated rings. The summed E-state index contributed by atoms with van der Waals surface area (Å²) in [6, 6.07) is 7.56. The molecule has 0 heterocycles. The number of carboxylic acid groups (broad SMARTS) is 1. The van der Waals surface area contributed by atoms with Gasteiger partial charge in [0.1, 0.15) is 5.54 Å². The summed E-state index contributed by atoms with van der Waals surface area (Å²) in [6.45, 7) is 5.21. The predicted octanol–water partition coefficient (Wildman–Crippen LogP) is 2.53. The average molecular weight is 286 g/mol. The van der Waals surface area contributed by atoms with Gasteiger partial charge in [0.25, 0.3) is 0 Å². The molecule has 1 aromatic carbocycles. The third kappa shape index (κ3) is 2.13. The van der Waals surface area contributed by atoms with Crippen LogP contribution in [0.3, 0.4) is 0 Å². The highest BCUT2D eigenvalue weighted by Gasteiger charge is 2.45. The maximum absolute atomic E-state index is 11.2. The molecule has 0 amide bonds. The summed E-state index contributed by atoms with van der Waals surface area (Å²) in [6.07, 6.45) is 0. The van der Waals surface area contributed by atoms with E-state index in [1.165, 1.54) is 6.92 Å². The largest absolute Gasteiger partial charge is 0.480 e. The minimum Gasteiger partial charge on any atom is -0.480 e. The first-order chi connectivity index (χ1) is 7.19. The average Bonchev–Trinajstić information content (AvgIpc) is 2.17. The van der Waals surface area contributed by atoms with E-state index >= 15 is 0 Å². The molecule has 1 rings (SSSR count). The Hall–Kier alpha value is -0.870. The minimum atomic E-state index is -1.31. The highest BCUT2D eigenvalue weighted by molar-refractivity contribution is 9.10. The first-order valence-electron chi connectivity index (χ1n) is 4.98. The first-order valence-corrected chi connectivity index (χ1v) is 5.77. The van der Waals surface area contributed by atoms with Crippen LogP contribution in [0.5, 0.6) is 0 Å². The number of benzene rings is 1. The number of hydrogen-bond donors (Lipinski definition) is 2. The van der Waals surface area contributed by atoms with Crippen molar-refractivity contribution in [3.63, 3.8) is 0 Å². The Balaban J connectivity index is 3.26. The van der Waals surface area contributed by atoms with E-state index in [1.54, 1.807) is 0 Å². The molecule has 0 spiro atoms. The molecule has 3 nitrogen and oxygen atoms in total. The van der Waals surface area contributed by atoms with Gasteiger partial charge in [-0.05, 0) is 24.6 Å². The number of halogens is 1. The molecule has 0 aromatic heterocycles. The molecule has 0 aliphatic rings. The van der Waals surface area contributed by atoms with Crippen LogP contribution >= 0.6 is 15.9 Å². The van der Waals surface area contributed by atoms with E-state index in [1.807, 2.05) is 38.1 Å². The van der Waals surface area contributed by atoms with E-state index in [-0.39, 0.29) is 0 Å². The van der Waals surface area contributed by atoms with Gasteiger partial charge in [0.05, 0.1) is 0 Å². The molecular formula is C12H16BrNO2. The van der Waals surface area contributed by atoms with Crippen molar-refractivity contribution in [2.24, 2.45) is 5.73 Å². The van der Waals surface area contributed by atoms with Gasteiger partial charge in [-0.2, -0.15) is 0 Å². The fourth-order valence-corrected chi connectivity index (χ4v) is 1.84. The second-order valence-electron chi connectivity index (χ2n) is 4.64. The van der Waals surface area contributed by atoms with Crippen molar-refractivity contribution in [3.05, 3.63) is 34.3 Å². The van der Waals surface area contributed by atoms with Crippen molar-refractivity contribution in [1.82, 2.24) is 0 Å². The summed E-state index contributed by atoms with van der Waals surface area (Å²) >= 11 is 3.37. The van der Waals surface area contributed by atoms with E-state index in [4.69, 9.17) is 5.73 Å². The Labute approximate surface area is 104 Å². The highest BCUT2D eigenvalue weighted by atomic mass is 79.9. The van der Waals surface area contributed by atoms with Crippen LogP contribution in [0, 0.1) is 0 Å². The maximum atomic E-state index is 11.2. The van der Waals surface area contributed by atoms with Crippen LogP contribution in [0.1, 0.15) is 26.3 Å². The summed E-state index contributed by atoms with van der Waals surface area (Å²) in [5.41, 5.74) is 4.84. The normalized spacial score (nSPS) is 15.6. The Kier molecular flexibility index (Phi) is 3.45. The monoisotopic (exact) mass is 285 g/mol. The molecule has 4 heteroatoms. The van der Waals surface area contributed by atoms with Gasteiger partial charge in [0.15, 0.2) is 0 Å². The number of hydrogen-bond acceptors (Lipinski definition) is 2. The fourth-order valence-electron chi connectivity index (χ4n) is 1.44. The number of aliphatic carboxylic acids is 1. The maximum Gasteiger partial charge on any atom is 0.324 e. The van der Waals surface area contributed by atoms with Gasteiger partial charge in [-0.3, -0.25) is 4.79 Å². The third-order valence-electron chi connectivity index (χ3n) is 3.29. The second-order valence-corrected chi connectivity index (χ2v) is 5.56. The number of nitrogens with two attached hydrogens (primary N) is 1. The SMILES string of the molecule is CC(N)(C(=O)O)C(C)(C)c1cccc(Br)c1. The van der Waals surface area contributed by atoms with Crippen LogP contribution < -0.4 is 5.73 Å². The Morgan fingerprint density at radius 3 is 2.38 bits per heavy atom. The molecule has 0 radical (unpaired) electrons. The van der Waals surface area contributed by atoms with Crippen LogP contribution in [0.4, 0.5) is 0 Å². The summed E-state index contributed by atoms with van der Waals surface area (Å²) in [4.78, 5) is 11.2. The summed E-state index contributed by atoms with van der Waals surface area (Å²) < 4.78 is 0.916. The van der Waals surface area contributed by atoms with Gasteiger partial charge in [-0.15, -0.1) is 0 Å². The lowest BCUT2D eigenvalue weighted by atomic mass is 9.69. The van der Waals surface area contributed by atoms with Gasteiger partial charge in [-0.25, -0.2) is 0 Å². The summed E-state index contributed by atoms with van der Waals surface area (Å²) in [7, 11) is 0. The predicted molar refractivity (Wildman–Crippen MR) is 67.4 cm³/mol. The molecule has 1 aromatic rings. The van der Waals surface area contributed by atoms with Crippen LogP contribution in [-0.4, -0.2) is 16.6 Å². The van der Waals surface area contributed by atoms with Crippen molar-refractivity contribution in [2.45, 2.75) is 31.7 Å². The fraction of sp³-hybridized carbons (Fsp3) is 0.417. The van der Waals surface area contributed by atoms with E-state index in [9.17, 15) is 9.90 Å². The van der Waals surface area contributed by atoms with Crippen molar-refractivity contribution in [1.29, 1.82) is 0 Å². The van der Waals surface area contributed by atoms with Crippen molar-refractivity contribution in [2.75, 3.05) is 0 Å². The molecule has 0 aliphatic heterocycles. The van der Waals surface area contributed by atoms with Crippen molar-refractivity contribution in [3.8, 4) is 0 Å². The lowest BCUT2D eigenvalue weighted by Crippen LogP contribution is -2.58. The summed E-state index contributed by atoms with van der Waals surface area (Å²) in [5, 5.41) is 9.17. The zero-order valence-electron chi connectivity index (χ0n) is 9.62. The zero-order valence-corrected chi connectivity index (χ0v) is 11.2. The molecule has 1 unspecified atom stereocenters. The lowest BCUT2D eigenvalue weighted by Gasteiger charge is -2.38. The lowest BCUT2D eigenvalue weighted by molar-refractivity contribution is -0.145. The van der Waals surface area contributed by atoms with Crippen LogP contribution in [0.15, 0.2) is 28.7 Å². The first kappa shape index (κ1) is 13.2. The minimum absolute atomic E-state index is 0.650. The van der Waals surface area contributed by atoms with Gasteiger partial charge >= 0.3 is 5.97 Å². The third-order valence-corrected chi connectivity index (χ3v) is 3.78. The quantitative estimate of drug-likeness (QED) is 0.897. The van der Waals surface area contributed by atoms with Crippen molar-refractivity contribution < 1.29 is 9.90 Å². The van der Waals surface area contributed by atoms with Crippen LogP contribution in [-0.2, 0) is 10.2 Å². The molecule has 16 heavy (non-hydrogen) atoms. The molecule has 0 saturated heterocycles. The Morgan fingerprint density at radius 2 is 1.94 bits per heavy atom. The topological polar surface area (TPSA) is 63.3 Å². The molecular weight excluding hydrogens is 270 g/mol. The highest BCUT2D eigenvalue weighted by Crippen LogP contribution is 2.34. The van der Waals surface area contributed by atoms with E-state index < -0.39 is 16.9 Å². The van der Waals surface area contributed by atoms with Gasteiger partial charge in [0.2, 0.25) is 0 Å². The van der Waals surface area contributed by atoms with E-state index in [0.29, 0.717) is 0 Å². The standard InChI is InChI=1S/C12H16BrNO2/c1-11(2,12(3,14)10(15)16)8-5-4-6-9(13)7-8/h4-7H,14H2,1-3H3,(H,15,16). The molecule has 0 bridgehead atoms. The van der Waals surface area contributed by atoms with Crippen LogP contribution in [0.2, 0.25) is 0 Å².